The molecular formula is C24H20F3N7. The molecule has 172 valence electrons. The molecular weight excluding hydrogens is 443 g/mol. The molecule has 0 amide bonds. The van der Waals surface area contributed by atoms with Crippen LogP contribution in [0.5, 0.6) is 0 Å². The van der Waals surface area contributed by atoms with Crippen LogP contribution in [0.25, 0.3) is 28.2 Å². The van der Waals surface area contributed by atoms with Crippen LogP contribution in [0.2, 0.25) is 0 Å². The third kappa shape index (κ3) is 3.98. The average molecular weight is 463 g/mol. The normalized spacial score (nSPS) is 12.9. The van der Waals surface area contributed by atoms with Gasteiger partial charge in [-0.05, 0) is 48.9 Å². The third-order valence-corrected chi connectivity index (χ3v) is 5.52. The Labute approximate surface area is 192 Å². The van der Waals surface area contributed by atoms with E-state index >= 15 is 0 Å². The van der Waals surface area contributed by atoms with E-state index in [0.717, 1.165) is 24.6 Å². The number of halogens is 3. The molecule has 0 spiro atoms. The molecule has 0 saturated carbocycles. The quantitative estimate of drug-likeness (QED) is 0.399. The number of anilines is 1. The lowest BCUT2D eigenvalue weighted by Gasteiger charge is -2.24. The minimum atomic E-state index is -3.14. The number of benzene rings is 1. The summed E-state index contributed by atoms with van der Waals surface area (Å²) in [5, 5.41) is 8.43. The summed E-state index contributed by atoms with van der Waals surface area (Å²) in [6.45, 7) is 2.56. The van der Waals surface area contributed by atoms with Gasteiger partial charge in [0.05, 0.1) is 17.1 Å². The number of nitrogens with two attached hydrogens (primary N) is 1. The van der Waals surface area contributed by atoms with Crippen LogP contribution < -0.4 is 5.73 Å². The number of hydrogen-bond donors (Lipinski definition) is 1. The summed E-state index contributed by atoms with van der Waals surface area (Å²) in [5.41, 5.74) is 9.72. The zero-order valence-corrected chi connectivity index (χ0v) is 18.3. The van der Waals surface area contributed by atoms with Crippen molar-refractivity contribution in [2.45, 2.75) is 25.8 Å². The van der Waals surface area contributed by atoms with Crippen molar-refractivity contribution >= 4 is 11.6 Å². The van der Waals surface area contributed by atoms with Crippen molar-refractivity contribution in [3.05, 3.63) is 84.1 Å². The van der Waals surface area contributed by atoms with Crippen LogP contribution in [0.15, 0.2) is 67.0 Å². The smallest absolute Gasteiger partial charge is 0.271 e. The molecule has 1 aromatic carbocycles. The Kier molecular flexibility index (Phi) is 5.07. The van der Waals surface area contributed by atoms with Crippen molar-refractivity contribution in [3.63, 3.8) is 0 Å². The van der Waals surface area contributed by atoms with E-state index < -0.39 is 17.8 Å². The van der Waals surface area contributed by atoms with Crippen LogP contribution in [0, 0.1) is 12.7 Å². The number of fused-ring (bicyclic) bond motifs is 1. The summed E-state index contributed by atoms with van der Waals surface area (Å²) in [4.78, 5) is 8.90. The molecule has 0 saturated heterocycles. The van der Waals surface area contributed by atoms with Crippen molar-refractivity contribution in [1.29, 1.82) is 0 Å². The van der Waals surface area contributed by atoms with Crippen LogP contribution >= 0.6 is 0 Å². The largest absolute Gasteiger partial charge is 0.366 e. The highest BCUT2D eigenvalue weighted by molar-refractivity contribution is 5.69. The predicted molar refractivity (Wildman–Crippen MR) is 122 cm³/mol. The predicted octanol–water partition coefficient (Wildman–Crippen LogP) is 4.93. The molecule has 0 aliphatic carbocycles. The Bertz CT molecular complexity index is 1480. The van der Waals surface area contributed by atoms with E-state index in [4.69, 9.17) is 10.7 Å². The van der Waals surface area contributed by atoms with E-state index in [-0.39, 0.29) is 11.5 Å². The standard InChI is InChI=1S/C24H20F3N7/c1-14-18(13-34(31-14)22(24(2,26)27)15-6-8-17(25)9-7-15)20-5-3-4-19(29-20)16-10-11-33-21(12-16)30-23(28)32-33/h3-13,22H,1-2H3,(H2,28,32)/t22-/m1/s1. The highest BCUT2D eigenvalue weighted by atomic mass is 19.3. The summed E-state index contributed by atoms with van der Waals surface area (Å²) in [5.74, 6) is -3.46. The SMILES string of the molecule is Cc1nn([C@H](c2ccc(F)cc2)C(C)(F)F)cc1-c1cccc(-c2ccn3nc(N)nc3c2)n1. The minimum Gasteiger partial charge on any atom is -0.366 e. The number of alkyl halides is 2. The number of nitrogen functional groups attached to an aromatic ring is 1. The molecule has 10 heteroatoms. The number of aryl methyl sites for hydroxylation is 1. The highest BCUT2D eigenvalue weighted by Crippen LogP contribution is 2.36. The molecule has 34 heavy (non-hydrogen) atoms. The Morgan fingerprint density at radius 2 is 1.71 bits per heavy atom. The molecule has 0 radical (unpaired) electrons. The van der Waals surface area contributed by atoms with Gasteiger partial charge in [0.1, 0.15) is 11.9 Å². The maximum atomic E-state index is 14.6. The van der Waals surface area contributed by atoms with Gasteiger partial charge in [0, 0.05) is 30.4 Å². The topological polar surface area (TPSA) is 86.9 Å². The molecule has 0 aliphatic heterocycles. The lowest BCUT2D eigenvalue weighted by Crippen LogP contribution is -2.29. The molecule has 0 fully saturated rings. The van der Waals surface area contributed by atoms with Gasteiger partial charge in [-0.2, -0.15) is 10.1 Å². The minimum absolute atomic E-state index is 0.172. The van der Waals surface area contributed by atoms with Gasteiger partial charge in [-0.3, -0.25) is 4.68 Å². The Balaban J connectivity index is 1.55. The molecule has 0 aliphatic rings. The van der Waals surface area contributed by atoms with Gasteiger partial charge in [-0.25, -0.2) is 22.7 Å². The molecule has 5 rings (SSSR count). The van der Waals surface area contributed by atoms with Crippen LogP contribution in [-0.4, -0.2) is 35.3 Å². The van der Waals surface area contributed by atoms with Gasteiger partial charge in [0.2, 0.25) is 5.95 Å². The summed E-state index contributed by atoms with van der Waals surface area (Å²) >= 11 is 0. The van der Waals surface area contributed by atoms with Crippen molar-refractivity contribution in [2.75, 3.05) is 5.73 Å². The van der Waals surface area contributed by atoms with Crippen LogP contribution in [0.1, 0.15) is 24.2 Å². The molecule has 7 nitrogen and oxygen atoms in total. The second kappa shape index (κ2) is 7.98. The van der Waals surface area contributed by atoms with Crippen molar-refractivity contribution in [3.8, 4) is 22.5 Å². The van der Waals surface area contributed by atoms with Crippen LogP contribution in [0.3, 0.4) is 0 Å². The molecule has 2 N–H and O–H groups in total. The van der Waals surface area contributed by atoms with Crippen LogP contribution in [0.4, 0.5) is 19.1 Å². The molecule has 4 heterocycles. The zero-order chi connectivity index (χ0) is 24.0. The van der Waals surface area contributed by atoms with Crippen LogP contribution in [-0.2, 0) is 0 Å². The van der Waals surface area contributed by atoms with Gasteiger partial charge in [0.15, 0.2) is 5.65 Å². The van der Waals surface area contributed by atoms with Crippen molar-refractivity contribution in [1.82, 2.24) is 29.4 Å². The molecule has 1 atom stereocenters. The number of nitrogens with zero attached hydrogens (tertiary/aromatic N) is 6. The van der Waals surface area contributed by atoms with E-state index in [9.17, 15) is 13.2 Å². The second-order valence-electron chi connectivity index (χ2n) is 8.11. The van der Waals surface area contributed by atoms with Gasteiger partial charge in [-0.1, -0.05) is 18.2 Å². The monoisotopic (exact) mass is 463 g/mol. The van der Waals surface area contributed by atoms with Gasteiger partial charge < -0.3 is 5.73 Å². The highest BCUT2D eigenvalue weighted by Gasteiger charge is 2.38. The van der Waals surface area contributed by atoms with Gasteiger partial charge in [-0.15, -0.1) is 5.10 Å². The summed E-state index contributed by atoms with van der Waals surface area (Å²) < 4.78 is 45.4. The fourth-order valence-corrected chi connectivity index (χ4v) is 3.99. The van der Waals surface area contributed by atoms with Gasteiger partial charge >= 0.3 is 0 Å². The van der Waals surface area contributed by atoms with E-state index in [1.165, 1.54) is 16.8 Å². The molecule has 4 aromatic heterocycles. The summed E-state index contributed by atoms with van der Waals surface area (Å²) in [6.07, 6.45) is 3.29. The second-order valence-corrected chi connectivity index (χ2v) is 8.11. The van der Waals surface area contributed by atoms with E-state index in [0.29, 0.717) is 28.3 Å². The van der Waals surface area contributed by atoms with E-state index in [1.807, 2.05) is 24.3 Å². The average Bonchev–Trinajstić information content (AvgIpc) is 3.35. The Morgan fingerprint density at radius 3 is 2.44 bits per heavy atom. The van der Waals surface area contributed by atoms with E-state index in [2.05, 4.69) is 15.2 Å². The first kappa shape index (κ1) is 21.6. The zero-order valence-electron chi connectivity index (χ0n) is 18.3. The first-order valence-corrected chi connectivity index (χ1v) is 10.5. The lowest BCUT2D eigenvalue weighted by atomic mass is 10.0. The number of hydrogen-bond acceptors (Lipinski definition) is 5. The maximum Gasteiger partial charge on any atom is 0.271 e. The lowest BCUT2D eigenvalue weighted by molar-refractivity contribution is -0.0217. The Hall–Kier alpha value is -4.21. The fourth-order valence-electron chi connectivity index (χ4n) is 3.99. The van der Waals surface area contributed by atoms with E-state index in [1.54, 1.807) is 29.9 Å². The number of pyridine rings is 2. The summed E-state index contributed by atoms with van der Waals surface area (Å²) in [6, 6.07) is 12.7. The first-order chi connectivity index (χ1) is 16.2. The fraction of sp³-hybridized carbons (Fsp3) is 0.167. The molecule has 0 bridgehead atoms. The first-order valence-electron chi connectivity index (χ1n) is 10.5. The van der Waals surface area contributed by atoms with Crippen molar-refractivity contribution < 1.29 is 13.2 Å². The summed E-state index contributed by atoms with van der Waals surface area (Å²) in [7, 11) is 0. The maximum absolute atomic E-state index is 14.6. The van der Waals surface area contributed by atoms with Gasteiger partial charge in [0.25, 0.3) is 5.92 Å². The number of aromatic nitrogens is 6. The van der Waals surface area contributed by atoms with Crippen molar-refractivity contribution in [2.24, 2.45) is 0 Å². The molecule has 0 unspecified atom stereocenters. The molecule has 5 aromatic rings. The number of rotatable bonds is 5. The third-order valence-electron chi connectivity index (χ3n) is 5.52. The Morgan fingerprint density at radius 1 is 0.971 bits per heavy atom.